The molecule has 1 aromatic carbocycles. The summed E-state index contributed by atoms with van der Waals surface area (Å²) in [4.78, 5) is 14.2. The largest absolute Gasteiger partial charge is 0.373 e. The Balaban J connectivity index is 1.59. The van der Waals surface area contributed by atoms with Crippen LogP contribution < -0.4 is 0 Å². The van der Waals surface area contributed by atoms with Crippen molar-refractivity contribution < 1.29 is 0 Å². The number of aliphatic imine (C=N–C) groups is 1. The molecule has 0 atom stereocenters. The molecule has 1 aromatic rings. The maximum absolute atomic E-state index is 4.48. The maximum atomic E-state index is 4.48. The summed E-state index contributed by atoms with van der Waals surface area (Å²) in [7, 11) is 0. The Morgan fingerprint density at radius 3 is 2.22 bits per heavy atom. The monoisotopic (exact) mass is 435 g/mol. The summed E-state index contributed by atoms with van der Waals surface area (Å²) in [6, 6.07) is 6.91. The fourth-order valence-electron chi connectivity index (χ4n) is 4.70. The van der Waals surface area contributed by atoms with Gasteiger partial charge in [-0.2, -0.15) is 0 Å². The molecular weight excluding hydrogens is 394 g/mol. The van der Waals surface area contributed by atoms with Crippen molar-refractivity contribution in [3.8, 4) is 0 Å². The third-order valence-corrected chi connectivity index (χ3v) is 6.79. The molecule has 2 aliphatic rings. The zero-order valence-electron chi connectivity index (χ0n) is 20.6. The Morgan fingerprint density at radius 2 is 1.59 bits per heavy atom. The van der Waals surface area contributed by atoms with Gasteiger partial charge < -0.3 is 14.7 Å². The van der Waals surface area contributed by atoms with E-state index in [9.17, 15) is 0 Å². The first kappa shape index (κ1) is 24.1. The third kappa shape index (κ3) is 6.04. The molecule has 0 spiro atoms. The molecular formula is C27H41N5. The molecule has 0 saturated carbocycles. The third-order valence-electron chi connectivity index (χ3n) is 6.79. The first-order chi connectivity index (χ1) is 15.4. The SMILES string of the molecule is C=C/N=C(\C)N1CCN(C(=C)c2cc(CN3CCN(/C(C)=C/CC)CC3)ccc2C)CC1. The van der Waals surface area contributed by atoms with E-state index in [0.29, 0.717) is 0 Å². The van der Waals surface area contributed by atoms with Crippen molar-refractivity contribution in [2.24, 2.45) is 4.99 Å². The van der Waals surface area contributed by atoms with Crippen LogP contribution in [-0.4, -0.2) is 77.8 Å². The van der Waals surface area contributed by atoms with Crippen LogP contribution in [0.25, 0.3) is 5.70 Å². The van der Waals surface area contributed by atoms with Crippen molar-refractivity contribution in [3.63, 3.8) is 0 Å². The van der Waals surface area contributed by atoms with E-state index in [1.54, 1.807) is 6.20 Å². The molecule has 5 nitrogen and oxygen atoms in total. The van der Waals surface area contributed by atoms with Gasteiger partial charge in [-0.25, -0.2) is 4.99 Å². The minimum Gasteiger partial charge on any atom is -0.373 e. The second-order valence-corrected chi connectivity index (χ2v) is 8.95. The van der Waals surface area contributed by atoms with Gasteiger partial charge in [-0.3, -0.25) is 4.90 Å². The second-order valence-electron chi connectivity index (χ2n) is 8.95. The van der Waals surface area contributed by atoms with Gasteiger partial charge in [0.15, 0.2) is 0 Å². The van der Waals surface area contributed by atoms with Crippen LogP contribution >= 0.6 is 0 Å². The fraction of sp³-hybridized carbons (Fsp3) is 0.519. The number of hydrogen-bond donors (Lipinski definition) is 0. The zero-order chi connectivity index (χ0) is 23.1. The van der Waals surface area contributed by atoms with Crippen LogP contribution in [0.15, 0.2) is 54.3 Å². The Labute approximate surface area is 195 Å². The average molecular weight is 436 g/mol. The Bertz CT molecular complexity index is 853. The Hall–Kier alpha value is -2.53. The predicted octanol–water partition coefficient (Wildman–Crippen LogP) is 4.58. The summed E-state index contributed by atoms with van der Waals surface area (Å²) in [6.07, 6.45) is 5.07. The lowest BCUT2D eigenvalue weighted by Crippen LogP contribution is -2.47. The van der Waals surface area contributed by atoms with Gasteiger partial charge in [-0.15, -0.1) is 0 Å². The van der Waals surface area contributed by atoms with Gasteiger partial charge in [0, 0.05) is 82.1 Å². The normalized spacial score (nSPS) is 18.8. The summed E-state index contributed by atoms with van der Waals surface area (Å²) in [5.41, 5.74) is 6.54. The first-order valence-corrected chi connectivity index (χ1v) is 12.0. The minimum absolute atomic E-state index is 0.969. The van der Waals surface area contributed by atoms with E-state index in [4.69, 9.17) is 0 Å². The van der Waals surface area contributed by atoms with Gasteiger partial charge in [0.1, 0.15) is 5.84 Å². The predicted molar refractivity (Wildman–Crippen MR) is 138 cm³/mol. The van der Waals surface area contributed by atoms with Crippen molar-refractivity contribution in [1.82, 2.24) is 19.6 Å². The number of rotatable bonds is 7. The molecule has 5 heteroatoms. The highest BCUT2D eigenvalue weighted by Gasteiger charge is 2.21. The molecule has 2 heterocycles. The summed E-state index contributed by atoms with van der Waals surface area (Å²) in [6.45, 7) is 26.3. The van der Waals surface area contributed by atoms with Crippen molar-refractivity contribution in [3.05, 3.63) is 66.0 Å². The van der Waals surface area contributed by atoms with Gasteiger partial charge in [0.2, 0.25) is 0 Å². The van der Waals surface area contributed by atoms with Crippen LogP contribution in [0.2, 0.25) is 0 Å². The van der Waals surface area contributed by atoms with Gasteiger partial charge in [0.05, 0.1) is 0 Å². The molecule has 174 valence electrons. The lowest BCUT2D eigenvalue weighted by atomic mass is 10.0. The first-order valence-electron chi connectivity index (χ1n) is 12.0. The lowest BCUT2D eigenvalue weighted by molar-refractivity contribution is 0.152. The van der Waals surface area contributed by atoms with Crippen molar-refractivity contribution in [1.29, 1.82) is 0 Å². The van der Waals surface area contributed by atoms with Gasteiger partial charge in [0.25, 0.3) is 0 Å². The average Bonchev–Trinajstić information content (AvgIpc) is 2.81. The molecule has 32 heavy (non-hydrogen) atoms. The zero-order valence-corrected chi connectivity index (χ0v) is 20.6. The van der Waals surface area contributed by atoms with Crippen LogP contribution in [-0.2, 0) is 6.54 Å². The number of benzene rings is 1. The highest BCUT2D eigenvalue weighted by Crippen LogP contribution is 2.25. The lowest BCUT2D eigenvalue weighted by Gasteiger charge is -2.38. The number of aryl methyl sites for hydroxylation is 1. The summed E-state index contributed by atoms with van der Waals surface area (Å²) in [5.74, 6) is 1.05. The summed E-state index contributed by atoms with van der Waals surface area (Å²) < 4.78 is 0. The number of nitrogens with zero attached hydrogens (tertiary/aromatic N) is 5. The molecule has 0 bridgehead atoms. The Kier molecular flexibility index (Phi) is 8.57. The molecule has 0 unspecified atom stereocenters. The van der Waals surface area contributed by atoms with Gasteiger partial charge in [-0.05, 0) is 44.4 Å². The number of allylic oxidation sites excluding steroid dienone is 2. The highest BCUT2D eigenvalue weighted by atomic mass is 15.3. The van der Waals surface area contributed by atoms with Gasteiger partial charge in [-0.1, -0.05) is 38.3 Å². The second kappa shape index (κ2) is 11.4. The van der Waals surface area contributed by atoms with Crippen LogP contribution in [0.3, 0.4) is 0 Å². The quantitative estimate of drug-likeness (QED) is 0.463. The van der Waals surface area contributed by atoms with Crippen molar-refractivity contribution in [2.45, 2.75) is 40.7 Å². The molecule has 2 saturated heterocycles. The van der Waals surface area contributed by atoms with Crippen LogP contribution in [0.5, 0.6) is 0 Å². The van der Waals surface area contributed by atoms with E-state index in [1.165, 1.54) is 22.4 Å². The summed E-state index contributed by atoms with van der Waals surface area (Å²) >= 11 is 0. The number of amidine groups is 1. The van der Waals surface area contributed by atoms with Gasteiger partial charge >= 0.3 is 0 Å². The van der Waals surface area contributed by atoms with Crippen LogP contribution in [0.1, 0.15) is 43.9 Å². The molecule has 0 radical (unpaired) electrons. The minimum atomic E-state index is 0.969. The molecule has 0 aromatic heterocycles. The molecule has 0 aliphatic carbocycles. The number of piperazine rings is 2. The van der Waals surface area contributed by atoms with E-state index in [0.717, 1.165) is 76.9 Å². The molecule has 0 amide bonds. The van der Waals surface area contributed by atoms with E-state index < -0.39 is 0 Å². The van der Waals surface area contributed by atoms with Crippen LogP contribution in [0.4, 0.5) is 0 Å². The smallest absolute Gasteiger partial charge is 0.101 e. The van der Waals surface area contributed by atoms with E-state index >= 15 is 0 Å². The molecule has 2 aliphatic heterocycles. The standard InChI is InChI=1S/C27H41N5/c1-7-9-23(4)30-14-12-29(13-15-30)21-26-11-10-22(3)27(20-26)24(5)31-16-18-32(19-17-31)25(6)28-8-2/h8-11,20H,2,5,7,12-19,21H2,1,3-4,6H3/b23-9+,28-25+. The Morgan fingerprint density at radius 1 is 0.969 bits per heavy atom. The molecule has 3 rings (SSSR count). The number of hydrogen-bond acceptors (Lipinski definition) is 4. The van der Waals surface area contributed by atoms with Crippen LogP contribution in [0, 0.1) is 6.92 Å². The molecule has 2 fully saturated rings. The van der Waals surface area contributed by atoms with E-state index in [1.807, 2.05) is 0 Å². The topological polar surface area (TPSA) is 25.3 Å². The molecule has 0 N–H and O–H groups in total. The maximum Gasteiger partial charge on any atom is 0.101 e. The van der Waals surface area contributed by atoms with E-state index in [-0.39, 0.29) is 0 Å². The highest BCUT2D eigenvalue weighted by molar-refractivity contribution is 5.80. The summed E-state index contributed by atoms with van der Waals surface area (Å²) in [5, 5.41) is 0. The van der Waals surface area contributed by atoms with E-state index in [2.05, 4.69) is 89.7 Å². The van der Waals surface area contributed by atoms with Crippen molar-refractivity contribution in [2.75, 3.05) is 52.4 Å². The fourth-order valence-corrected chi connectivity index (χ4v) is 4.70. The van der Waals surface area contributed by atoms with Crippen molar-refractivity contribution >= 4 is 11.5 Å².